The smallest absolute Gasteiger partial charge is 0.251 e. The lowest BCUT2D eigenvalue weighted by Gasteiger charge is -2.39. The first-order valence-corrected chi connectivity index (χ1v) is 12.9. The Labute approximate surface area is 236 Å². The average molecular weight is 559 g/mol. The van der Waals surface area contributed by atoms with E-state index in [0.29, 0.717) is 5.56 Å². The monoisotopic (exact) mass is 557 g/mol. The summed E-state index contributed by atoms with van der Waals surface area (Å²) in [6.45, 7) is 7.58. The minimum atomic E-state index is -0.339. The molecule has 4 aromatic rings. The fraction of sp³-hybridized carbons (Fsp3) is 0.300. The molecule has 0 saturated carbocycles. The SMILES string of the molecule is CCCCc1cc2cc3ccccc3cc2c(N2CCN(c3cccc(Cl)c3C)CC2)c1C(N)=O.Cl.Cl. The fourth-order valence-corrected chi connectivity index (χ4v) is 5.58. The molecule has 4 aromatic carbocycles. The highest BCUT2D eigenvalue weighted by molar-refractivity contribution is 6.31. The summed E-state index contributed by atoms with van der Waals surface area (Å²) in [5.41, 5.74) is 11.1. The Morgan fingerprint density at radius 3 is 2.19 bits per heavy atom. The van der Waals surface area contributed by atoms with Gasteiger partial charge in [0.25, 0.3) is 5.91 Å². The zero-order valence-corrected chi connectivity index (χ0v) is 23.7. The van der Waals surface area contributed by atoms with E-state index in [4.69, 9.17) is 17.3 Å². The van der Waals surface area contributed by atoms with Crippen LogP contribution in [0.5, 0.6) is 0 Å². The van der Waals surface area contributed by atoms with Crippen LogP contribution in [0.1, 0.15) is 41.3 Å². The Morgan fingerprint density at radius 1 is 0.892 bits per heavy atom. The number of fused-ring (bicyclic) bond motifs is 2. The molecule has 4 nitrogen and oxygen atoms in total. The number of hydrogen-bond acceptors (Lipinski definition) is 3. The third-order valence-electron chi connectivity index (χ3n) is 7.28. The van der Waals surface area contributed by atoms with E-state index in [2.05, 4.69) is 72.2 Å². The summed E-state index contributed by atoms with van der Waals surface area (Å²) in [6.07, 6.45) is 2.95. The normalized spacial score (nSPS) is 13.4. The Hall–Kier alpha value is -2.66. The lowest BCUT2D eigenvalue weighted by Crippen LogP contribution is -2.47. The van der Waals surface area contributed by atoms with Crippen molar-refractivity contribution in [1.29, 1.82) is 0 Å². The van der Waals surface area contributed by atoms with Gasteiger partial charge in [0.2, 0.25) is 0 Å². The predicted molar refractivity (Wildman–Crippen MR) is 164 cm³/mol. The number of rotatable bonds is 6. The maximum atomic E-state index is 12.9. The van der Waals surface area contributed by atoms with Crippen LogP contribution in [0.15, 0.2) is 60.7 Å². The molecule has 0 spiro atoms. The number of unbranched alkanes of at least 4 members (excludes halogenated alkanes) is 1. The van der Waals surface area contributed by atoms with Crippen molar-refractivity contribution in [3.8, 4) is 0 Å². The van der Waals surface area contributed by atoms with E-state index in [9.17, 15) is 4.79 Å². The highest BCUT2D eigenvalue weighted by Crippen LogP contribution is 2.38. The number of aryl methyl sites for hydroxylation is 1. The van der Waals surface area contributed by atoms with Gasteiger partial charge in [0.1, 0.15) is 0 Å². The largest absolute Gasteiger partial charge is 0.368 e. The van der Waals surface area contributed by atoms with Crippen molar-refractivity contribution < 1.29 is 4.79 Å². The molecule has 0 atom stereocenters. The van der Waals surface area contributed by atoms with E-state index in [0.717, 1.165) is 72.7 Å². The van der Waals surface area contributed by atoms with Crippen LogP contribution in [-0.2, 0) is 6.42 Å². The van der Waals surface area contributed by atoms with Crippen LogP contribution in [-0.4, -0.2) is 32.1 Å². The van der Waals surface area contributed by atoms with Gasteiger partial charge < -0.3 is 15.5 Å². The Bertz CT molecular complexity index is 1410. The number of piperazine rings is 1. The molecule has 2 N–H and O–H groups in total. The summed E-state index contributed by atoms with van der Waals surface area (Å²) in [7, 11) is 0. The number of benzene rings is 4. The van der Waals surface area contributed by atoms with Crippen molar-refractivity contribution in [2.45, 2.75) is 33.1 Å². The van der Waals surface area contributed by atoms with Crippen molar-refractivity contribution in [2.24, 2.45) is 5.73 Å². The van der Waals surface area contributed by atoms with Crippen LogP contribution >= 0.6 is 36.4 Å². The molecule has 1 aliphatic rings. The molecule has 5 rings (SSSR count). The summed E-state index contributed by atoms with van der Waals surface area (Å²) < 4.78 is 0. The molecule has 1 fully saturated rings. The third-order valence-corrected chi connectivity index (χ3v) is 7.69. The van der Waals surface area contributed by atoms with Gasteiger partial charge in [0, 0.05) is 42.3 Å². The maximum Gasteiger partial charge on any atom is 0.251 e. The predicted octanol–water partition coefficient (Wildman–Crippen LogP) is 7.57. The van der Waals surface area contributed by atoms with Gasteiger partial charge in [0.05, 0.1) is 11.3 Å². The number of nitrogens with zero attached hydrogens (tertiary/aromatic N) is 2. The Kier molecular flexibility index (Phi) is 9.57. The molecule has 1 aliphatic heterocycles. The Morgan fingerprint density at radius 2 is 1.54 bits per heavy atom. The van der Waals surface area contributed by atoms with Crippen LogP contribution in [0, 0.1) is 6.92 Å². The van der Waals surface area contributed by atoms with Crippen molar-refractivity contribution >= 4 is 75.2 Å². The zero-order chi connectivity index (χ0) is 24.5. The van der Waals surface area contributed by atoms with Crippen LogP contribution in [0.2, 0.25) is 5.02 Å². The van der Waals surface area contributed by atoms with Gasteiger partial charge in [-0.05, 0) is 71.3 Å². The number of carbonyl (C=O) groups excluding carboxylic acids is 1. The number of nitrogens with two attached hydrogens (primary N) is 1. The van der Waals surface area contributed by atoms with Crippen LogP contribution in [0.3, 0.4) is 0 Å². The van der Waals surface area contributed by atoms with Crippen molar-refractivity contribution in [3.05, 3.63) is 82.4 Å². The second-order valence-electron chi connectivity index (χ2n) is 9.51. The van der Waals surface area contributed by atoms with E-state index in [-0.39, 0.29) is 30.7 Å². The van der Waals surface area contributed by atoms with Crippen molar-refractivity contribution in [3.63, 3.8) is 0 Å². The molecule has 196 valence electrons. The minimum Gasteiger partial charge on any atom is -0.368 e. The number of hydrogen-bond donors (Lipinski definition) is 1. The van der Waals surface area contributed by atoms with E-state index in [1.165, 1.54) is 21.8 Å². The summed E-state index contributed by atoms with van der Waals surface area (Å²) in [5, 5.41) is 5.45. The standard InChI is InChI=1S/C30H32ClN3O.2ClH/c1-3-4-8-23-18-24-17-21-9-5-6-10-22(21)19-25(24)29(28(23)30(32)35)34-15-13-33(14-16-34)27-12-7-11-26(31)20(27)2;;/h5-7,9-12,17-19H,3-4,8,13-16H2,1-2H3,(H2,32,35);2*1H. The molecule has 0 radical (unpaired) electrons. The molecular weight excluding hydrogens is 525 g/mol. The van der Waals surface area contributed by atoms with Gasteiger partial charge in [0.15, 0.2) is 0 Å². The minimum absolute atomic E-state index is 0. The van der Waals surface area contributed by atoms with Gasteiger partial charge in [-0.15, -0.1) is 24.8 Å². The molecule has 0 unspecified atom stereocenters. The number of anilines is 2. The van der Waals surface area contributed by atoms with Crippen LogP contribution in [0.4, 0.5) is 11.4 Å². The van der Waals surface area contributed by atoms with Crippen LogP contribution in [0.25, 0.3) is 21.5 Å². The van der Waals surface area contributed by atoms with E-state index in [1.807, 2.05) is 12.1 Å². The average Bonchev–Trinajstić information content (AvgIpc) is 2.87. The molecule has 1 amide bonds. The maximum absolute atomic E-state index is 12.9. The number of carbonyl (C=O) groups is 1. The highest BCUT2D eigenvalue weighted by atomic mass is 35.5. The summed E-state index contributed by atoms with van der Waals surface area (Å²) in [6, 6.07) is 21.2. The quantitative estimate of drug-likeness (QED) is 0.248. The zero-order valence-electron chi connectivity index (χ0n) is 21.3. The number of primary amides is 1. The summed E-state index contributed by atoms with van der Waals surface area (Å²) >= 11 is 6.40. The molecule has 37 heavy (non-hydrogen) atoms. The first-order chi connectivity index (χ1) is 17.0. The molecular formula is C30H34Cl3N3O. The first kappa shape index (κ1) is 28.9. The molecule has 1 saturated heterocycles. The second-order valence-corrected chi connectivity index (χ2v) is 9.91. The molecule has 7 heteroatoms. The van der Waals surface area contributed by atoms with Crippen LogP contribution < -0.4 is 15.5 Å². The topological polar surface area (TPSA) is 49.6 Å². The first-order valence-electron chi connectivity index (χ1n) is 12.5. The fourth-order valence-electron chi connectivity index (χ4n) is 5.41. The van der Waals surface area contributed by atoms with Crippen molar-refractivity contribution in [1.82, 2.24) is 0 Å². The summed E-state index contributed by atoms with van der Waals surface area (Å²) in [5.74, 6) is -0.339. The van der Waals surface area contributed by atoms with E-state index >= 15 is 0 Å². The Balaban J connectivity index is 0.00000190. The van der Waals surface area contributed by atoms with Crippen molar-refractivity contribution in [2.75, 3.05) is 36.0 Å². The van der Waals surface area contributed by atoms with E-state index in [1.54, 1.807) is 0 Å². The molecule has 1 heterocycles. The summed E-state index contributed by atoms with van der Waals surface area (Å²) in [4.78, 5) is 17.6. The van der Waals surface area contributed by atoms with Gasteiger partial charge in [-0.3, -0.25) is 4.79 Å². The van der Waals surface area contributed by atoms with Gasteiger partial charge in [-0.25, -0.2) is 0 Å². The molecule has 0 aliphatic carbocycles. The lowest BCUT2D eigenvalue weighted by atomic mass is 9.92. The highest BCUT2D eigenvalue weighted by Gasteiger charge is 2.26. The van der Waals surface area contributed by atoms with Gasteiger partial charge in [-0.1, -0.05) is 61.3 Å². The molecule has 0 aromatic heterocycles. The van der Waals surface area contributed by atoms with Gasteiger partial charge in [-0.2, -0.15) is 0 Å². The van der Waals surface area contributed by atoms with E-state index < -0.39 is 0 Å². The van der Waals surface area contributed by atoms with Gasteiger partial charge >= 0.3 is 0 Å². The second kappa shape index (κ2) is 12.3. The third kappa shape index (κ3) is 5.62. The number of amides is 1. The number of halogens is 3. The molecule has 0 bridgehead atoms. The lowest BCUT2D eigenvalue weighted by molar-refractivity contribution is 0.1000.